The normalized spacial score (nSPS) is 16.0. The van der Waals surface area contributed by atoms with Crippen molar-refractivity contribution in [3.8, 4) is 0 Å². The lowest BCUT2D eigenvalue weighted by atomic mass is 10.1. The van der Waals surface area contributed by atoms with Crippen molar-refractivity contribution in [2.45, 2.75) is 26.3 Å². The van der Waals surface area contributed by atoms with Crippen molar-refractivity contribution in [3.63, 3.8) is 0 Å². The van der Waals surface area contributed by atoms with Crippen LogP contribution in [0.3, 0.4) is 0 Å². The fourth-order valence-electron chi connectivity index (χ4n) is 3.23. The van der Waals surface area contributed by atoms with E-state index in [4.69, 9.17) is 11.6 Å². The Balaban J connectivity index is 1.67. The minimum Gasteiger partial charge on any atom is -0.323 e. The highest BCUT2D eigenvalue weighted by molar-refractivity contribution is 6.30. The second-order valence-corrected chi connectivity index (χ2v) is 6.71. The van der Waals surface area contributed by atoms with Gasteiger partial charge in [-0.2, -0.15) is 10.1 Å². The Morgan fingerprint density at radius 3 is 2.92 bits per heavy atom. The standard InChI is InChI=1S/C19H18ClN5/c1-12-7-8-15(20)10-16(12)22-19-23-18(11-21-24-19)25-13(2)9-14-5-3-4-6-17(14)25/h3-8,10-11,13H,9H2,1-2H3,(H,22,23,24). The van der Waals surface area contributed by atoms with Crippen LogP contribution in [0.1, 0.15) is 18.1 Å². The molecule has 0 spiro atoms. The topological polar surface area (TPSA) is 53.9 Å². The number of hydrogen-bond donors (Lipinski definition) is 1. The Bertz CT molecular complexity index is 927. The van der Waals surface area contributed by atoms with Gasteiger partial charge < -0.3 is 10.2 Å². The first-order chi connectivity index (χ1) is 12.1. The van der Waals surface area contributed by atoms with Crippen LogP contribution in [0.15, 0.2) is 48.7 Å². The van der Waals surface area contributed by atoms with E-state index in [2.05, 4.69) is 50.5 Å². The molecule has 3 aromatic rings. The molecule has 0 saturated carbocycles. The molecule has 0 amide bonds. The summed E-state index contributed by atoms with van der Waals surface area (Å²) in [5.74, 6) is 1.24. The summed E-state index contributed by atoms with van der Waals surface area (Å²) >= 11 is 6.09. The Labute approximate surface area is 151 Å². The van der Waals surface area contributed by atoms with E-state index in [1.165, 1.54) is 11.3 Å². The van der Waals surface area contributed by atoms with Crippen LogP contribution < -0.4 is 10.2 Å². The second kappa shape index (κ2) is 6.33. The third kappa shape index (κ3) is 3.03. The number of nitrogens with zero attached hydrogens (tertiary/aromatic N) is 4. The molecule has 126 valence electrons. The van der Waals surface area contributed by atoms with Crippen molar-refractivity contribution in [2.75, 3.05) is 10.2 Å². The molecule has 0 aliphatic carbocycles. The number of benzene rings is 2. The van der Waals surface area contributed by atoms with E-state index in [0.717, 1.165) is 23.5 Å². The van der Waals surface area contributed by atoms with Gasteiger partial charge in [0.05, 0.1) is 6.20 Å². The molecule has 0 fully saturated rings. The van der Waals surface area contributed by atoms with Gasteiger partial charge in [-0.1, -0.05) is 35.9 Å². The average molecular weight is 352 g/mol. The number of para-hydroxylation sites is 1. The average Bonchev–Trinajstić information content (AvgIpc) is 2.94. The molecule has 2 aromatic carbocycles. The van der Waals surface area contributed by atoms with Gasteiger partial charge in [0, 0.05) is 22.4 Å². The van der Waals surface area contributed by atoms with E-state index >= 15 is 0 Å². The molecule has 4 rings (SSSR count). The van der Waals surface area contributed by atoms with Crippen LogP contribution in [0, 0.1) is 6.92 Å². The fourth-order valence-corrected chi connectivity index (χ4v) is 3.40. The van der Waals surface area contributed by atoms with Gasteiger partial charge in [0.2, 0.25) is 5.95 Å². The smallest absolute Gasteiger partial charge is 0.249 e. The molecule has 1 atom stereocenters. The minimum atomic E-state index is 0.329. The zero-order valence-electron chi connectivity index (χ0n) is 14.1. The van der Waals surface area contributed by atoms with E-state index in [9.17, 15) is 0 Å². The van der Waals surface area contributed by atoms with Crippen LogP contribution in [0.25, 0.3) is 0 Å². The lowest BCUT2D eigenvalue weighted by Gasteiger charge is -2.23. The molecule has 25 heavy (non-hydrogen) atoms. The Kier molecular flexibility index (Phi) is 4.01. The summed E-state index contributed by atoms with van der Waals surface area (Å²) in [5.41, 5.74) is 4.45. The van der Waals surface area contributed by atoms with Gasteiger partial charge in [-0.05, 0) is 49.6 Å². The maximum absolute atomic E-state index is 6.09. The molecule has 1 aromatic heterocycles. The van der Waals surface area contributed by atoms with Crippen LogP contribution >= 0.6 is 11.6 Å². The second-order valence-electron chi connectivity index (χ2n) is 6.27. The summed E-state index contributed by atoms with van der Waals surface area (Å²) in [5, 5.41) is 12.1. The number of fused-ring (bicyclic) bond motifs is 1. The number of hydrogen-bond acceptors (Lipinski definition) is 5. The maximum atomic E-state index is 6.09. The lowest BCUT2D eigenvalue weighted by molar-refractivity contribution is 0.745. The number of aryl methyl sites for hydroxylation is 1. The van der Waals surface area contributed by atoms with Gasteiger partial charge in [-0.3, -0.25) is 0 Å². The van der Waals surface area contributed by atoms with Crippen LogP contribution in [0.5, 0.6) is 0 Å². The third-order valence-electron chi connectivity index (χ3n) is 4.45. The predicted molar refractivity (Wildman–Crippen MR) is 101 cm³/mol. The molecule has 1 aliphatic heterocycles. The van der Waals surface area contributed by atoms with Crippen LogP contribution in [-0.2, 0) is 6.42 Å². The summed E-state index contributed by atoms with van der Waals surface area (Å²) in [6.45, 7) is 4.20. The molecule has 0 radical (unpaired) electrons. The molecule has 1 N–H and O–H groups in total. The highest BCUT2D eigenvalue weighted by Crippen LogP contribution is 2.37. The Morgan fingerprint density at radius 1 is 1.20 bits per heavy atom. The van der Waals surface area contributed by atoms with Crippen LogP contribution in [0.2, 0.25) is 5.02 Å². The molecule has 2 heterocycles. The molecule has 6 heteroatoms. The van der Waals surface area contributed by atoms with Gasteiger partial charge >= 0.3 is 0 Å². The number of aromatic nitrogens is 3. The predicted octanol–water partition coefficient (Wildman–Crippen LogP) is 4.66. The van der Waals surface area contributed by atoms with Crippen molar-refractivity contribution < 1.29 is 0 Å². The summed E-state index contributed by atoms with van der Waals surface area (Å²) in [6.07, 6.45) is 2.70. The van der Waals surface area contributed by atoms with Crippen LogP contribution in [0.4, 0.5) is 23.1 Å². The first kappa shape index (κ1) is 15.8. The molecule has 1 aliphatic rings. The number of rotatable bonds is 3. The molecule has 1 unspecified atom stereocenters. The van der Waals surface area contributed by atoms with Crippen molar-refractivity contribution in [1.82, 2.24) is 15.2 Å². The largest absolute Gasteiger partial charge is 0.323 e. The van der Waals surface area contributed by atoms with Gasteiger partial charge in [-0.25, -0.2) is 0 Å². The Morgan fingerprint density at radius 2 is 2.04 bits per heavy atom. The zero-order chi connectivity index (χ0) is 17.4. The first-order valence-corrected chi connectivity index (χ1v) is 8.59. The molecule has 0 saturated heterocycles. The number of halogens is 1. The number of anilines is 4. The monoisotopic (exact) mass is 351 g/mol. The van der Waals surface area contributed by atoms with Crippen molar-refractivity contribution in [1.29, 1.82) is 0 Å². The highest BCUT2D eigenvalue weighted by Gasteiger charge is 2.28. The van der Waals surface area contributed by atoms with E-state index in [0.29, 0.717) is 17.0 Å². The Hall–Kier alpha value is -2.66. The van der Waals surface area contributed by atoms with Crippen LogP contribution in [-0.4, -0.2) is 21.2 Å². The molecule has 5 nitrogen and oxygen atoms in total. The van der Waals surface area contributed by atoms with E-state index in [1.54, 1.807) is 6.20 Å². The van der Waals surface area contributed by atoms with E-state index in [1.807, 2.05) is 31.2 Å². The fraction of sp³-hybridized carbons (Fsp3) is 0.211. The third-order valence-corrected chi connectivity index (χ3v) is 4.68. The molecular formula is C19H18ClN5. The highest BCUT2D eigenvalue weighted by atomic mass is 35.5. The summed E-state index contributed by atoms with van der Waals surface area (Å²) in [4.78, 5) is 6.88. The lowest BCUT2D eigenvalue weighted by Crippen LogP contribution is -2.25. The maximum Gasteiger partial charge on any atom is 0.249 e. The minimum absolute atomic E-state index is 0.329. The SMILES string of the molecule is Cc1ccc(Cl)cc1Nc1nncc(N2c3ccccc3CC2C)n1. The van der Waals surface area contributed by atoms with Crippen molar-refractivity contribution in [3.05, 3.63) is 64.8 Å². The van der Waals surface area contributed by atoms with Gasteiger partial charge in [0.1, 0.15) is 0 Å². The number of nitrogens with one attached hydrogen (secondary N) is 1. The van der Waals surface area contributed by atoms with Gasteiger partial charge in [0.15, 0.2) is 5.82 Å². The summed E-state index contributed by atoms with van der Waals surface area (Å²) in [6, 6.07) is 14.4. The summed E-state index contributed by atoms with van der Waals surface area (Å²) in [7, 11) is 0. The zero-order valence-corrected chi connectivity index (χ0v) is 14.8. The van der Waals surface area contributed by atoms with E-state index < -0.39 is 0 Å². The summed E-state index contributed by atoms with van der Waals surface area (Å²) < 4.78 is 0. The molecule has 0 bridgehead atoms. The van der Waals surface area contributed by atoms with Crippen molar-refractivity contribution in [2.24, 2.45) is 0 Å². The van der Waals surface area contributed by atoms with Crippen molar-refractivity contribution >= 4 is 34.7 Å². The van der Waals surface area contributed by atoms with Gasteiger partial charge in [-0.15, -0.1) is 5.10 Å². The van der Waals surface area contributed by atoms with Gasteiger partial charge in [0.25, 0.3) is 0 Å². The molecular weight excluding hydrogens is 334 g/mol. The first-order valence-electron chi connectivity index (χ1n) is 8.22. The van der Waals surface area contributed by atoms with E-state index in [-0.39, 0.29) is 0 Å². The quantitative estimate of drug-likeness (QED) is 0.743.